The van der Waals surface area contributed by atoms with Gasteiger partial charge in [-0.1, -0.05) is 23.2 Å². The van der Waals surface area contributed by atoms with Crippen molar-refractivity contribution in [2.45, 2.75) is 0 Å². The molecule has 2 heterocycles. The van der Waals surface area contributed by atoms with Gasteiger partial charge in [0.05, 0.1) is 7.11 Å². The first-order chi connectivity index (χ1) is 8.54. The molecule has 0 aromatic carbocycles. The van der Waals surface area contributed by atoms with Crippen molar-refractivity contribution in [2.75, 3.05) is 12.8 Å². The van der Waals surface area contributed by atoms with Crippen molar-refractivity contribution >= 4 is 46.3 Å². The predicted molar refractivity (Wildman–Crippen MR) is 71.1 cm³/mol. The molecule has 0 saturated heterocycles. The quantitative estimate of drug-likeness (QED) is 0.863. The Labute approximate surface area is 117 Å². The van der Waals surface area contributed by atoms with Crippen LogP contribution in [0.25, 0.3) is 11.4 Å². The highest BCUT2D eigenvalue weighted by Gasteiger charge is 2.19. The Morgan fingerprint density at radius 3 is 2.72 bits per heavy atom. The number of carbonyl (C=O) groups excluding carboxylic acids is 1. The molecule has 0 amide bonds. The lowest BCUT2D eigenvalue weighted by Crippen LogP contribution is -2.09. The van der Waals surface area contributed by atoms with Crippen LogP contribution in [-0.4, -0.2) is 23.0 Å². The summed E-state index contributed by atoms with van der Waals surface area (Å²) in [6, 6.07) is 1.73. The lowest BCUT2D eigenvalue weighted by molar-refractivity contribution is 0.0594. The van der Waals surface area contributed by atoms with Crippen molar-refractivity contribution in [1.29, 1.82) is 0 Å². The Kier molecular flexibility index (Phi) is 3.70. The Bertz CT molecular complexity index is 615. The molecule has 2 aromatic heterocycles. The first-order valence-electron chi connectivity index (χ1n) is 4.69. The molecule has 0 spiro atoms. The van der Waals surface area contributed by atoms with Crippen LogP contribution in [0, 0.1) is 0 Å². The first kappa shape index (κ1) is 13.1. The number of aromatic nitrogens is 2. The summed E-state index contributed by atoms with van der Waals surface area (Å²) in [7, 11) is 1.23. The number of rotatable bonds is 2. The van der Waals surface area contributed by atoms with Gasteiger partial charge >= 0.3 is 5.97 Å². The van der Waals surface area contributed by atoms with Crippen molar-refractivity contribution in [2.24, 2.45) is 0 Å². The monoisotopic (exact) mass is 303 g/mol. The van der Waals surface area contributed by atoms with Crippen LogP contribution in [0.15, 0.2) is 11.4 Å². The van der Waals surface area contributed by atoms with E-state index in [1.54, 1.807) is 11.4 Å². The maximum Gasteiger partial charge on any atom is 0.358 e. The number of nitrogens with two attached hydrogens (primary N) is 1. The number of nitrogen functional groups attached to an aromatic ring is 1. The van der Waals surface area contributed by atoms with E-state index in [-0.39, 0.29) is 22.4 Å². The number of nitrogens with zero attached hydrogens (tertiary/aromatic N) is 2. The highest BCUT2D eigenvalue weighted by molar-refractivity contribution is 7.15. The Morgan fingerprint density at radius 2 is 2.17 bits per heavy atom. The summed E-state index contributed by atoms with van der Waals surface area (Å²) in [6.07, 6.45) is 0. The largest absolute Gasteiger partial charge is 0.464 e. The molecule has 0 fully saturated rings. The second-order valence-electron chi connectivity index (χ2n) is 3.19. The number of anilines is 1. The standard InChI is InChI=1S/C10H7Cl2N3O2S/c1-17-10(16)6-5(11)8(13)15-9(14-6)4-2-3-18-7(4)12/h2-3H,1H3,(H2,13,14,15). The van der Waals surface area contributed by atoms with Gasteiger partial charge in [0, 0.05) is 5.56 Å². The van der Waals surface area contributed by atoms with E-state index in [0.717, 1.165) is 0 Å². The molecule has 0 aliphatic carbocycles. The van der Waals surface area contributed by atoms with Gasteiger partial charge in [-0.15, -0.1) is 11.3 Å². The highest BCUT2D eigenvalue weighted by atomic mass is 35.5. The Hall–Kier alpha value is -1.37. The molecule has 2 aromatic rings. The van der Waals surface area contributed by atoms with Gasteiger partial charge in [-0.05, 0) is 11.4 Å². The summed E-state index contributed by atoms with van der Waals surface area (Å²) < 4.78 is 5.08. The fourth-order valence-electron chi connectivity index (χ4n) is 1.27. The lowest BCUT2D eigenvalue weighted by atomic mass is 10.3. The zero-order valence-electron chi connectivity index (χ0n) is 9.11. The molecule has 0 aliphatic rings. The second kappa shape index (κ2) is 5.09. The Balaban J connectivity index is 2.61. The molecule has 94 valence electrons. The third-order valence-corrected chi connectivity index (χ3v) is 3.66. The molecule has 0 bridgehead atoms. The van der Waals surface area contributed by atoms with Gasteiger partial charge in [0.1, 0.15) is 15.2 Å². The topological polar surface area (TPSA) is 78.1 Å². The van der Waals surface area contributed by atoms with Gasteiger partial charge in [-0.25, -0.2) is 14.8 Å². The average molecular weight is 304 g/mol. The van der Waals surface area contributed by atoms with Crippen LogP contribution in [0.1, 0.15) is 10.5 Å². The van der Waals surface area contributed by atoms with Crippen LogP contribution < -0.4 is 5.73 Å². The third kappa shape index (κ3) is 2.27. The fraction of sp³-hybridized carbons (Fsp3) is 0.100. The SMILES string of the molecule is COC(=O)c1nc(-c2ccsc2Cl)nc(N)c1Cl. The number of thiophene rings is 1. The van der Waals surface area contributed by atoms with Gasteiger partial charge < -0.3 is 10.5 Å². The maximum atomic E-state index is 11.5. The number of hydrogen-bond donors (Lipinski definition) is 1. The summed E-state index contributed by atoms with van der Waals surface area (Å²) in [4.78, 5) is 19.5. The van der Waals surface area contributed by atoms with Gasteiger partial charge in [0.2, 0.25) is 0 Å². The number of methoxy groups -OCH3 is 1. The van der Waals surface area contributed by atoms with Crippen LogP contribution in [0.5, 0.6) is 0 Å². The molecule has 0 aliphatic heterocycles. The molecule has 2 N–H and O–H groups in total. The molecule has 2 rings (SSSR count). The van der Waals surface area contributed by atoms with Crippen molar-refractivity contribution in [3.63, 3.8) is 0 Å². The maximum absolute atomic E-state index is 11.5. The summed E-state index contributed by atoms with van der Waals surface area (Å²) in [5, 5.41) is 1.75. The molecule has 5 nitrogen and oxygen atoms in total. The molecular formula is C10H7Cl2N3O2S. The predicted octanol–water partition coefficient (Wildman–Crippen LogP) is 2.88. The summed E-state index contributed by atoms with van der Waals surface area (Å²) in [6.45, 7) is 0. The summed E-state index contributed by atoms with van der Waals surface area (Å²) in [5.41, 5.74) is 6.15. The van der Waals surface area contributed by atoms with E-state index in [4.69, 9.17) is 28.9 Å². The minimum atomic E-state index is -0.679. The first-order valence-corrected chi connectivity index (χ1v) is 6.32. The van der Waals surface area contributed by atoms with E-state index in [2.05, 4.69) is 14.7 Å². The van der Waals surface area contributed by atoms with Crippen molar-refractivity contribution in [3.05, 3.63) is 26.5 Å². The Morgan fingerprint density at radius 1 is 1.44 bits per heavy atom. The third-order valence-electron chi connectivity index (χ3n) is 2.11. The van der Waals surface area contributed by atoms with Crippen LogP contribution in [-0.2, 0) is 4.74 Å². The van der Waals surface area contributed by atoms with Crippen molar-refractivity contribution in [3.8, 4) is 11.4 Å². The average Bonchev–Trinajstić information content (AvgIpc) is 2.78. The molecule has 0 atom stereocenters. The summed E-state index contributed by atoms with van der Waals surface area (Å²) in [5.74, 6) is -0.436. The van der Waals surface area contributed by atoms with Crippen molar-refractivity contribution in [1.82, 2.24) is 9.97 Å². The van der Waals surface area contributed by atoms with E-state index in [1.807, 2.05) is 0 Å². The zero-order valence-corrected chi connectivity index (χ0v) is 11.4. The fourth-order valence-corrected chi connectivity index (χ4v) is 2.34. The van der Waals surface area contributed by atoms with E-state index in [9.17, 15) is 4.79 Å². The van der Waals surface area contributed by atoms with Gasteiger partial charge in [0.15, 0.2) is 11.5 Å². The molecule has 0 radical (unpaired) electrons. The smallest absolute Gasteiger partial charge is 0.358 e. The molecule has 0 unspecified atom stereocenters. The molecule has 18 heavy (non-hydrogen) atoms. The van der Waals surface area contributed by atoms with E-state index in [0.29, 0.717) is 9.90 Å². The minimum Gasteiger partial charge on any atom is -0.464 e. The molecule has 8 heteroatoms. The van der Waals surface area contributed by atoms with Crippen LogP contribution in [0.2, 0.25) is 9.36 Å². The number of carbonyl (C=O) groups is 1. The number of hydrogen-bond acceptors (Lipinski definition) is 6. The normalized spacial score (nSPS) is 10.4. The summed E-state index contributed by atoms with van der Waals surface area (Å²) >= 11 is 13.2. The van der Waals surface area contributed by atoms with Gasteiger partial charge in [0.25, 0.3) is 0 Å². The van der Waals surface area contributed by atoms with E-state index >= 15 is 0 Å². The van der Waals surface area contributed by atoms with E-state index < -0.39 is 5.97 Å². The van der Waals surface area contributed by atoms with Gasteiger partial charge in [-0.3, -0.25) is 0 Å². The second-order valence-corrected chi connectivity index (χ2v) is 5.09. The molecular weight excluding hydrogens is 297 g/mol. The van der Waals surface area contributed by atoms with Crippen LogP contribution >= 0.6 is 34.5 Å². The van der Waals surface area contributed by atoms with E-state index in [1.165, 1.54) is 18.4 Å². The number of esters is 1. The van der Waals surface area contributed by atoms with Crippen LogP contribution in [0.4, 0.5) is 5.82 Å². The van der Waals surface area contributed by atoms with Gasteiger partial charge in [-0.2, -0.15) is 0 Å². The lowest BCUT2D eigenvalue weighted by Gasteiger charge is -2.06. The van der Waals surface area contributed by atoms with Crippen LogP contribution in [0.3, 0.4) is 0 Å². The minimum absolute atomic E-state index is 0.00401. The molecule has 0 saturated carbocycles. The number of ether oxygens (including phenoxy) is 1. The zero-order chi connectivity index (χ0) is 13.3. The number of halogens is 2. The highest BCUT2D eigenvalue weighted by Crippen LogP contribution is 2.32. The van der Waals surface area contributed by atoms with Crippen molar-refractivity contribution < 1.29 is 9.53 Å².